The predicted octanol–water partition coefficient (Wildman–Crippen LogP) is 4.86. The number of non-ortho nitro benzene ring substituents is 1. The molecular weight excluding hydrogens is 428 g/mol. The standard InChI is InChI=1S/C19H15BrN4O2S/c1-2-11-21-19-23(18(13-27-19)15-5-7-16(20)8-6-15)22-12-14-3-9-17(10-4-14)24(25)26/h2-10,12-13H,1,11H2. The maximum atomic E-state index is 10.8. The summed E-state index contributed by atoms with van der Waals surface area (Å²) in [5, 5.41) is 17.3. The van der Waals surface area contributed by atoms with E-state index < -0.39 is 4.92 Å². The Morgan fingerprint density at radius 1 is 1.19 bits per heavy atom. The molecule has 0 spiro atoms. The molecule has 1 aromatic heterocycles. The maximum Gasteiger partial charge on any atom is 0.269 e. The number of nitro benzene ring substituents is 1. The van der Waals surface area contributed by atoms with Gasteiger partial charge < -0.3 is 0 Å². The van der Waals surface area contributed by atoms with Crippen molar-refractivity contribution >= 4 is 39.2 Å². The number of rotatable bonds is 6. The van der Waals surface area contributed by atoms with Crippen molar-refractivity contribution in [1.29, 1.82) is 0 Å². The van der Waals surface area contributed by atoms with Gasteiger partial charge in [0.15, 0.2) is 0 Å². The van der Waals surface area contributed by atoms with Crippen molar-refractivity contribution in [1.82, 2.24) is 4.68 Å². The Morgan fingerprint density at radius 2 is 1.89 bits per heavy atom. The molecule has 0 aliphatic carbocycles. The van der Waals surface area contributed by atoms with Crippen molar-refractivity contribution in [2.24, 2.45) is 10.1 Å². The van der Waals surface area contributed by atoms with E-state index in [2.05, 4.69) is 32.6 Å². The SMILES string of the molecule is C=CCN=c1scc(-c2ccc(Br)cc2)n1N=Cc1ccc([N+](=O)[O-])cc1. The summed E-state index contributed by atoms with van der Waals surface area (Å²) in [6.45, 7) is 4.19. The minimum atomic E-state index is -0.424. The Morgan fingerprint density at radius 3 is 2.52 bits per heavy atom. The zero-order chi connectivity index (χ0) is 19.2. The molecule has 0 atom stereocenters. The molecule has 0 amide bonds. The van der Waals surface area contributed by atoms with E-state index in [0.717, 1.165) is 26.1 Å². The highest BCUT2D eigenvalue weighted by Crippen LogP contribution is 2.22. The average molecular weight is 443 g/mol. The number of hydrogen-bond acceptors (Lipinski definition) is 5. The van der Waals surface area contributed by atoms with Gasteiger partial charge in [0.1, 0.15) is 0 Å². The van der Waals surface area contributed by atoms with Crippen molar-refractivity contribution in [3.05, 3.63) is 91.5 Å². The van der Waals surface area contributed by atoms with E-state index in [-0.39, 0.29) is 5.69 Å². The van der Waals surface area contributed by atoms with E-state index in [1.54, 1.807) is 29.1 Å². The van der Waals surface area contributed by atoms with Gasteiger partial charge >= 0.3 is 0 Å². The third kappa shape index (κ3) is 4.66. The van der Waals surface area contributed by atoms with Gasteiger partial charge in [-0.05, 0) is 29.8 Å². The molecular formula is C19H15BrN4O2S. The van der Waals surface area contributed by atoms with Crippen LogP contribution in [-0.4, -0.2) is 22.4 Å². The molecule has 0 aliphatic rings. The molecule has 0 radical (unpaired) electrons. The van der Waals surface area contributed by atoms with Crippen LogP contribution in [0.15, 0.2) is 81.1 Å². The molecule has 0 fully saturated rings. The summed E-state index contributed by atoms with van der Waals surface area (Å²) in [6, 6.07) is 14.2. The lowest BCUT2D eigenvalue weighted by atomic mass is 10.2. The fraction of sp³-hybridized carbons (Fsp3) is 0.0526. The molecule has 3 rings (SSSR count). The van der Waals surface area contributed by atoms with Gasteiger partial charge in [-0.15, -0.1) is 17.9 Å². The van der Waals surface area contributed by atoms with Crippen LogP contribution in [0.4, 0.5) is 5.69 Å². The number of aromatic nitrogens is 1. The molecule has 3 aromatic rings. The lowest BCUT2D eigenvalue weighted by molar-refractivity contribution is -0.384. The van der Waals surface area contributed by atoms with Crippen LogP contribution in [0.2, 0.25) is 0 Å². The Bertz CT molecular complexity index is 1050. The summed E-state index contributed by atoms with van der Waals surface area (Å²) in [6.07, 6.45) is 3.38. The number of hydrogen-bond donors (Lipinski definition) is 0. The van der Waals surface area contributed by atoms with Crippen LogP contribution in [0.5, 0.6) is 0 Å². The van der Waals surface area contributed by atoms with E-state index in [4.69, 9.17) is 0 Å². The molecule has 0 N–H and O–H groups in total. The Hall–Kier alpha value is -2.84. The van der Waals surface area contributed by atoms with E-state index in [1.165, 1.54) is 23.5 Å². The summed E-state index contributed by atoms with van der Waals surface area (Å²) in [4.78, 5) is 15.6. The second kappa shape index (κ2) is 8.70. The molecule has 1 heterocycles. The minimum Gasteiger partial charge on any atom is -0.258 e. The van der Waals surface area contributed by atoms with E-state index in [9.17, 15) is 10.1 Å². The Kier molecular flexibility index (Phi) is 6.10. The molecule has 6 nitrogen and oxygen atoms in total. The number of halogens is 1. The maximum absolute atomic E-state index is 10.8. The molecule has 0 bridgehead atoms. The highest BCUT2D eigenvalue weighted by atomic mass is 79.9. The molecule has 0 aliphatic heterocycles. The van der Waals surface area contributed by atoms with Crippen molar-refractivity contribution in [2.75, 3.05) is 6.54 Å². The zero-order valence-corrected chi connectivity index (χ0v) is 16.6. The topological polar surface area (TPSA) is 72.8 Å². The lowest BCUT2D eigenvalue weighted by Crippen LogP contribution is -2.12. The van der Waals surface area contributed by atoms with Gasteiger partial charge in [-0.25, -0.2) is 4.68 Å². The lowest BCUT2D eigenvalue weighted by Gasteiger charge is -2.04. The van der Waals surface area contributed by atoms with Crippen LogP contribution in [0, 0.1) is 10.1 Å². The van der Waals surface area contributed by atoms with Crippen LogP contribution in [0.25, 0.3) is 11.3 Å². The van der Waals surface area contributed by atoms with Gasteiger partial charge in [-0.2, -0.15) is 5.10 Å². The first-order valence-corrected chi connectivity index (χ1v) is 9.62. The van der Waals surface area contributed by atoms with Gasteiger partial charge in [0.05, 0.1) is 23.4 Å². The first-order valence-electron chi connectivity index (χ1n) is 7.95. The molecule has 8 heteroatoms. The van der Waals surface area contributed by atoms with Crippen LogP contribution >= 0.6 is 27.3 Å². The van der Waals surface area contributed by atoms with Gasteiger partial charge in [0.2, 0.25) is 4.80 Å². The van der Waals surface area contributed by atoms with E-state index in [1.807, 2.05) is 29.6 Å². The third-order valence-electron chi connectivity index (χ3n) is 3.61. The quantitative estimate of drug-likeness (QED) is 0.236. The second-order valence-electron chi connectivity index (χ2n) is 5.44. The smallest absolute Gasteiger partial charge is 0.258 e. The highest BCUT2D eigenvalue weighted by molar-refractivity contribution is 9.10. The Labute approximate surface area is 168 Å². The summed E-state index contributed by atoms with van der Waals surface area (Å²) >= 11 is 4.93. The van der Waals surface area contributed by atoms with Gasteiger partial charge in [-0.3, -0.25) is 15.1 Å². The number of benzene rings is 2. The second-order valence-corrected chi connectivity index (χ2v) is 7.20. The summed E-state index contributed by atoms with van der Waals surface area (Å²) in [7, 11) is 0. The fourth-order valence-electron chi connectivity index (χ4n) is 2.29. The van der Waals surface area contributed by atoms with E-state index in [0.29, 0.717) is 6.54 Å². The van der Waals surface area contributed by atoms with Crippen LogP contribution in [0.3, 0.4) is 0 Å². The summed E-state index contributed by atoms with van der Waals surface area (Å²) in [5.74, 6) is 0. The highest BCUT2D eigenvalue weighted by Gasteiger charge is 2.08. The van der Waals surface area contributed by atoms with E-state index >= 15 is 0 Å². The molecule has 2 aromatic carbocycles. The van der Waals surface area contributed by atoms with Crippen LogP contribution < -0.4 is 4.80 Å². The predicted molar refractivity (Wildman–Crippen MR) is 112 cm³/mol. The van der Waals surface area contributed by atoms with Crippen LogP contribution in [-0.2, 0) is 0 Å². The minimum absolute atomic E-state index is 0.0487. The normalized spacial score (nSPS) is 11.8. The number of nitrogens with zero attached hydrogens (tertiary/aromatic N) is 4. The zero-order valence-electron chi connectivity index (χ0n) is 14.2. The molecule has 0 saturated carbocycles. The van der Waals surface area contributed by atoms with Gasteiger partial charge in [-0.1, -0.05) is 34.1 Å². The third-order valence-corrected chi connectivity index (χ3v) is 4.99. The first kappa shape index (κ1) is 18.9. The van der Waals surface area contributed by atoms with Crippen molar-refractivity contribution < 1.29 is 4.92 Å². The summed E-state index contributed by atoms with van der Waals surface area (Å²) in [5.41, 5.74) is 2.73. The van der Waals surface area contributed by atoms with Crippen molar-refractivity contribution in [3.63, 3.8) is 0 Å². The molecule has 0 saturated heterocycles. The number of nitro groups is 1. The Balaban J connectivity index is 2.01. The molecule has 0 unspecified atom stereocenters. The largest absolute Gasteiger partial charge is 0.269 e. The first-order chi connectivity index (χ1) is 13.1. The van der Waals surface area contributed by atoms with Gasteiger partial charge in [0, 0.05) is 27.5 Å². The monoisotopic (exact) mass is 442 g/mol. The molecule has 27 heavy (non-hydrogen) atoms. The average Bonchev–Trinajstić information content (AvgIpc) is 3.08. The molecule has 136 valence electrons. The summed E-state index contributed by atoms with van der Waals surface area (Å²) < 4.78 is 2.76. The van der Waals surface area contributed by atoms with Gasteiger partial charge in [0.25, 0.3) is 5.69 Å². The van der Waals surface area contributed by atoms with Crippen molar-refractivity contribution in [3.8, 4) is 11.3 Å². The fourth-order valence-corrected chi connectivity index (χ4v) is 3.40. The van der Waals surface area contributed by atoms with Crippen LogP contribution in [0.1, 0.15) is 5.56 Å². The van der Waals surface area contributed by atoms with Crippen molar-refractivity contribution in [2.45, 2.75) is 0 Å². The number of thiazole rings is 1.